The van der Waals surface area contributed by atoms with Gasteiger partial charge in [0.15, 0.2) is 12.4 Å². The summed E-state index contributed by atoms with van der Waals surface area (Å²) in [5, 5.41) is 8.77. The summed E-state index contributed by atoms with van der Waals surface area (Å²) < 4.78 is 8.87. The van der Waals surface area contributed by atoms with Crippen molar-refractivity contribution in [2.75, 3.05) is 13.7 Å². The topological polar surface area (TPSA) is 55.8 Å². The normalized spacial score (nSPS) is 18.1. The number of carbonyl (C=O) groups is 1. The van der Waals surface area contributed by atoms with Gasteiger partial charge in [-0.05, 0) is 0 Å². The molecule has 0 amide bonds. The summed E-state index contributed by atoms with van der Waals surface area (Å²) in [5.74, 6) is -0.826. The molecule has 0 fully saturated rings. The van der Waals surface area contributed by atoms with Crippen molar-refractivity contribution in [1.82, 2.24) is 0 Å². The zero-order chi connectivity index (χ0) is 6.85. The highest BCUT2D eigenvalue weighted by Crippen LogP contribution is 2.12. The average Bonchev–Trinajstić information content (AvgIpc) is 2.12. The Bertz CT molecular complexity index is 170. The van der Waals surface area contributed by atoms with Gasteiger partial charge in [0, 0.05) is 0 Å². The van der Waals surface area contributed by atoms with Gasteiger partial charge in [0.25, 0.3) is 0 Å². The third kappa shape index (κ3) is 0.826. The zero-order valence-corrected chi connectivity index (χ0v) is 4.88. The molecule has 0 saturated carbocycles. The molecule has 0 aliphatic carbocycles. The SMILES string of the molecule is COC1=C(O)COC1=O. The predicted molar refractivity (Wildman–Crippen MR) is 27.6 cm³/mol. The van der Waals surface area contributed by atoms with Crippen LogP contribution in [0.1, 0.15) is 0 Å². The van der Waals surface area contributed by atoms with Crippen molar-refractivity contribution in [3.8, 4) is 0 Å². The van der Waals surface area contributed by atoms with Crippen LogP contribution in [-0.2, 0) is 14.3 Å². The molecule has 0 spiro atoms. The zero-order valence-electron chi connectivity index (χ0n) is 4.88. The molecule has 0 radical (unpaired) electrons. The molecule has 1 rings (SSSR count). The fourth-order valence-electron chi connectivity index (χ4n) is 0.584. The number of ether oxygens (including phenoxy) is 2. The van der Waals surface area contributed by atoms with Crippen LogP contribution in [0.25, 0.3) is 0 Å². The van der Waals surface area contributed by atoms with Gasteiger partial charge in [0.2, 0.25) is 5.76 Å². The monoisotopic (exact) mass is 130 g/mol. The standard InChI is InChI=1S/C5H6O4/c1-8-4-3(6)2-9-5(4)7/h6H,2H2,1H3. The summed E-state index contributed by atoms with van der Waals surface area (Å²) >= 11 is 0. The molecule has 1 heterocycles. The van der Waals surface area contributed by atoms with Crippen LogP contribution in [-0.4, -0.2) is 24.8 Å². The average molecular weight is 130 g/mol. The van der Waals surface area contributed by atoms with E-state index in [-0.39, 0.29) is 18.1 Å². The Morgan fingerprint density at radius 2 is 2.44 bits per heavy atom. The molecule has 0 atom stereocenters. The number of esters is 1. The lowest BCUT2D eigenvalue weighted by Crippen LogP contribution is -2.00. The first-order valence-corrected chi connectivity index (χ1v) is 2.39. The van der Waals surface area contributed by atoms with Crippen molar-refractivity contribution in [3.05, 3.63) is 11.5 Å². The van der Waals surface area contributed by atoms with E-state index in [0.29, 0.717) is 0 Å². The highest BCUT2D eigenvalue weighted by atomic mass is 16.6. The molecular weight excluding hydrogens is 124 g/mol. The number of aliphatic hydroxyl groups is 1. The minimum Gasteiger partial charge on any atom is -0.505 e. The van der Waals surface area contributed by atoms with Gasteiger partial charge in [-0.2, -0.15) is 0 Å². The lowest BCUT2D eigenvalue weighted by atomic mass is 10.5. The van der Waals surface area contributed by atoms with Gasteiger partial charge < -0.3 is 14.6 Å². The van der Waals surface area contributed by atoms with Crippen LogP contribution < -0.4 is 0 Å². The van der Waals surface area contributed by atoms with Gasteiger partial charge in [0.1, 0.15) is 0 Å². The van der Waals surface area contributed by atoms with E-state index in [9.17, 15) is 4.79 Å². The summed E-state index contributed by atoms with van der Waals surface area (Å²) in [6.07, 6.45) is 0. The molecule has 1 aliphatic heterocycles. The van der Waals surface area contributed by atoms with Gasteiger partial charge in [-0.15, -0.1) is 0 Å². The maximum Gasteiger partial charge on any atom is 0.377 e. The van der Waals surface area contributed by atoms with E-state index in [0.717, 1.165) is 0 Å². The van der Waals surface area contributed by atoms with Crippen molar-refractivity contribution in [1.29, 1.82) is 0 Å². The minimum absolute atomic E-state index is 0.0675. The van der Waals surface area contributed by atoms with Crippen molar-refractivity contribution in [3.63, 3.8) is 0 Å². The molecule has 4 nitrogen and oxygen atoms in total. The molecule has 0 unspecified atom stereocenters. The molecule has 0 aromatic heterocycles. The van der Waals surface area contributed by atoms with Crippen molar-refractivity contribution >= 4 is 5.97 Å². The number of hydrogen-bond acceptors (Lipinski definition) is 4. The first-order valence-electron chi connectivity index (χ1n) is 2.39. The number of cyclic esters (lactones) is 1. The summed E-state index contributed by atoms with van der Waals surface area (Å²) in [6, 6.07) is 0. The second-order valence-electron chi connectivity index (χ2n) is 1.56. The van der Waals surface area contributed by atoms with E-state index >= 15 is 0 Å². The molecule has 0 aromatic carbocycles. The Morgan fingerprint density at radius 3 is 2.67 bits per heavy atom. The predicted octanol–water partition coefficient (Wildman–Crippen LogP) is -0.0408. The molecule has 4 heteroatoms. The van der Waals surface area contributed by atoms with Crippen LogP contribution in [0, 0.1) is 0 Å². The summed E-state index contributed by atoms with van der Waals surface area (Å²) in [6.45, 7) is -0.0675. The van der Waals surface area contributed by atoms with Gasteiger partial charge in [0.05, 0.1) is 7.11 Å². The van der Waals surface area contributed by atoms with Gasteiger partial charge in [-0.3, -0.25) is 0 Å². The van der Waals surface area contributed by atoms with Crippen LogP contribution in [0.2, 0.25) is 0 Å². The Labute approximate surface area is 51.7 Å². The van der Waals surface area contributed by atoms with Crippen LogP contribution in [0.4, 0.5) is 0 Å². The highest BCUT2D eigenvalue weighted by Gasteiger charge is 2.25. The molecule has 0 bridgehead atoms. The Morgan fingerprint density at radius 1 is 1.78 bits per heavy atom. The number of rotatable bonds is 1. The molecule has 0 aromatic rings. The van der Waals surface area contributed by atoms with E-state index in [4.69, 9.17) is 5.11 Å². The van der Waals surface area contributed by atoms with Crippen molar-refractivity contribution in [2.24, 2.45) is 0 Å². The largest absolute Gasteiger partial charge is 0.505 e. The smallest absolute Gasteiger partial charge is 0.377 e. The van der Waals surface area contributed by atoms with Gasteiger partial charge in [-0.25, -0.2) is 4.79 Å². The Kier molecular flexibility index (Phi) is 1.30. The summed E-state index contributed by atoms with van der Waals surface area (Å²) in [4.78, 5) is 10.5. The molecule has 0 saturated heterocycles. The van der Waals surface area contributed by atoms with Crippen molar-refractivity contribution in [2.45, 2.75) is 0 Å². The number of aliphatic hydroxyl groups excluding tert-OH is 1. The first-order chi connectivity index (χ1) is 4.25. The van der Waals surface area contributed by atoms with Crippen LogP contribution in [0.5, 0.6) is 0 Å². The van der Waals surface area contributed by atoms with E-state index < -0.39 is 5.97 Å². The van der Waals surface area contributed by atoms with Crippen LogP contribution >= 0.6 is 0 Å². The third-order valence-electron chi connectivity index (χ3n) is 0.992. The fraction of sp³-hybridized carbons (Fsp3) is 0.400. The molecule has 1 N–H and O–H groups in total. The number of hydrogen-bond donors (Lipinski definition) is 1. The highest BCUT2D eigenvalue weighted by molar-refractivity contribution is 5.88. The first kappa shape index (κ1) is 5.94. The fourth-order valence-corrected chi connectivity index (χ4v) is 0.584. The number of carbonyl (C=O) groups excluding carboxylic acids is 1. The lowest BCUT2D eigenvalue weighted by Gasteiger charge is -1.93. The Balaban J connectivity index is 2.82. The minimum atomic E-state index is -0.602. The lowest BCUT2D eigenvalue weighted by molar-refractivity contribution is -0.138. The number of methoxy groups -OCH3 is 1. The second-order valence-corrected chi connectivity index (χ2v) is 1.56. The third-order valence-corrected chi connectivity index (χ3v) is 0.992. The quantitative estimate of drug-likeness (QED) is 0.506. The van der Waals surface area contributed by atoms with E-state index in [2.05, 4.69) is 9.47 Å². The molecule has 9 heavy (non-hydrogen) atoms. The summed E-state index contributed by atoms with van der Waals surface area (Å²) in [5.41, 5.74) is 0. The van der Waals surface area contributed by atoms with E-state index in [1.807, 2.05) is 0 Å². The Hall–Kier alpha value is -1.19. The maximum absolute atomic E-state index is 10.5. The van der Waals surface area contributed by atoms with E-state index in [1.54, 1.807) is 0 Å². The molecule has 1 aliphatic rings. The second kappa shape index (κ2) is 1.97. The van der Waals surface area contributed by atoms with Crippen LogP contribution in [0.15, 0.2) is 11.5 Å². The maximum atomic E-state index is 10.5. The molecular formula is C5H6O4. The van der Waals surface area contributed by atoms with E-state index in [1.165, 1.54) is 7.11 Å². The summed E-state index contributed by atoms with van der Waals surface area (Å²) in [7, 11) is 1.30. The van der Waals surface area contributed by atoms with Gasteiger partial charge >= 0.3 is 5.97 Å². The van der Waals surface area contributed by atoms with Gasteiger partial charge in [-0.1, -0.05) is 0 Å². The van der Waals surface area contributed by atoms with Crippen LogP contribution in [0.3, 0.4) is 0 Å². The van der Waals surface area contributed by atoms with Crippen molar-refractivity contribution < 1.29 is 19.4 Å². The molecule has 50 valence electrons.